The predicted molar refractivity (Wildman–Crippen MR) is 92.8 cm³/mol. The molecule has 1 aromatic carbocycles. The van der Waals surface area contributed by atoms with Gasteiger partial charge in [0.25, 0.3) is 0 Å². The fourth-order valence-corrected chi connectivity index (χ4v) is 2.39. The van der Waals surface area contributed by atoms with E-state index in [1.54, 1.807) is 12.3 Å². The van der Waals surface area contributed by atoms with Crippen molar-refractivity contribution in [2.75, 3.05) is 7.11 Å². The molecule has 1 N–H and O–H groups in total. The smallest absolute Gasteiger partial charge is 0.220 e. The minimum Gasteiger partial charge on any atom is -0.481 e. The zero-order valence-corrected chi connectivity index (χ0v) is 14.5. The number of hydrogen-bond acceptors (Lipinski definition) is 5. The number of nitrogens with zero attached hydrogens (tertiary/aromatic N) is 2. The van der Waals surface area contributed by atoms with Crippen molar-refractivity contribution in [2.24, 2.45) is 0 Å². The van der Waals surface area contributed by atoms with Crippen molar-refractivity contribution >= 4 is 5.91 Å². The lowest BCUT2D eigenvalue weighted by Crippen LogP contribution is -2.23. The number of carbonyl (C=O) groups is 1. The normalized spacial score (nSPS) is 10.6. The number of benzene rings is 1. The molecular weight excluding hydrogens is 356 g/mol. The molecule has 0 aliphatic carbocycles. The highest BCUT2D eigenvalue weighted by atomic mass is 19.1. The number of nitrogens with one attached hydrogen (secondary N) is 1. The highest BCUT2D eigenvalue weighted by Crippen LogP contribution is 2.24. The Balaban J connectivity index is 1.51. The number of pyridine rings is 1. The highest BCUT2D eigenvalue weighted by Gasteiger charge is 2.13. The molecule has 0 atom stereocenters. The summed E-state index contributed by atoms with van der Waals surface area (Å²) < 4.78 is 37.2. The van der Waals surface area contributed by atoms with Crippen molar-refractivity contribution in [1.82, 2.24) is 15.3 Å². The SMILES string of the molecule is COc1ccc(CNC(=O)CCc2ncc(-c3ccc(F)cc3F)o2)cn1. The number of aromatic nitrogens is 2. The third-order valence-corrected chi connectivity index (χ3v) is 3.81. The lowest BCUT2D eigenvalue weighted by Gasteiger charge is -2.05. The number of methoxy groups -OCH3 is 1. The summed E-state index contributed by atoms with van der Waals surface area (Å²) in [5.41, 5.74) is 0.959. The van der Waals surface area contributed by atoms with Crippen LogP contribution in [-0.4, -0.2) is 23.0 Å². The molecule has 1 amide bonds. The number of halogens is 2. The molecule has 2 aromatic heterocycles. The summed E-state index contributed by atoms with van der Waals surface area (Å²) in [6.45, 7) is 0.341. The summed E-state index contributed by atoms with van der Waals surface area (Å²) in [6.07, 6.45) is 3.40. The van der Waals surface area contributed by atoms with Gasteiger partial charge >= 0.3 is 0 Å². The van der Waals surface area contributed by atoms with Gasteiger partial charge in [0.05, 0.1) is 18.9 Å². The average molecular weight is 373 g/mol. The minimum absolute atomic E-state index is 0.117. The Kier molecular flexibility index (Phi) is 5.75. The second-order valence-corrected chi connectivity index (χ2v) is 5.73. The fourth-order valence-electron chi connectivity index (χ4n) is 2.39. The summed E-state index contributed by atoms with van der Waals surface area (Å²) in [4.78, 5) is 20.0. The summed E-state index contributed by atoms with van der Waals surface area (Å²) in [5.74, 6) is -0.591. The number of oxazole rings is 1. The number of carbonyl (C=O) groups excluding carboxylic acids is 1. The molecule has 140 valence electrons. The van der Waals surface area contributed by atoms with Gasteiger partial charge in [-0.1, -0.05) is 6.07 Å². The van der Waals surface area contributed by atoms with E-state index in [1.807, 2.05) is 6.07 Å². The lowest BCUT2D eigenvalue weighted by atomic mass is 10.2. The van der Waals surface area contributed by atoms with E-state index >= 15 is 0 Å². The maximum absolute atomic E-state index is 13.8. The van der Waals surface area contributed by atoms with Crippen molar-refractivity contribution < 1.29 is 22.7 Å². The second-order valence-electron chi connectivity index (χ2n) is 5.73. The number of rotatable bonds is 7. The number of aryl methyl sites for hydroxylation is 1. The van der Waals surface area contributed by atoms with Crippen molar-refractivity contribution in [1.29, 1.82) is 0 Å². The van der Waals surface area contributed by atoms with Crippen molar-refractivity contribution in [3.8, 4) is 17.2 Å². The van der Waals surface area contributed by atoms with Crippen molar-refractivity contribution in [3.05, 3.63) is 65.8 Å². The Morgan fingerprint density at radius 2 is 2.04 bits per heavy atom. The molecule has 0 spiro atoms. The molecule has 2 heterocycles. The molecule has 0 aliphatic rings. The van der Waals surface area contributed by atoms with Crippen LogP contribution in [0.5, 0.6) is 5.88 Å². The summed E-state index contributed by atoms with van der Waals surface area (Å²) >= 11 is 0. The molecule has 0 bridgehead atoms. The maximum Gasteiger partial charge on any atom is 0.220 e. The quantitative estimate of drug-likeness (QED) is 0.688. The van der Waals surface area contributed by atoms with Crippen LogP contribution in [-0.2, 0) is 17.8 Å². The molecule has 0 unspecified atom stereocenters. The molecule has 0 aliphatic heterocycles. The van der Waals surface area contributed by atoms with E-state index in [-0.39, 0.29) is 30.1 Å². The number of amides is 1. The van der Waals surface area contributed by atoms with Gasteiger partial charge in [-0.05, 0) is 17.7 Å². The molecular formula is C19H17F2N3O3. The monoisotopic (exact) mass is 373 g/mol. The molecule has 0 saturated heterocycles. The van der Waals surface area contributed by atoms with E-state index in [1.165, 1.54) is 19.4 Å². The molecule has 0 radical (unpaired) electrons. The Hall–Kier alpha value is -3.29. The zero-order valence-electron chi connectivity index (χ0n) is 14.5. The number of ether oxygens (including phenoxy) is 1. The van der Waals surface area contributed by atoms with Crippen LogP contribution in [0, 0.1) is 11.6 Å². The fraction of sp³-hybridized carbons (Fsp3) is 0.211. The molecule has 3 rings (SSSR count). The predicted octanol–water partition coefficient (Wildman–Crippen LogP) is 3.27. The first-order valence-electron chi connectivity index (χ1n) is 8.21. The third-order valence-electron chi connectivity index (χ3n) is 3.81. The van der Waals surface area contributed by atoms with Crippen LogP contribution >= 0.6 is 0 Å². The topological polar surface area (TPSA) is 77.2 Å². The van der Waals surface area contributed by atoms with Gasteiger partial charge in [-0.3, -0.25) is 4.79 Å². The Morgan fingerprint density at radius 3 is 2.74 bits per heavy atom. The van der Waals surface area contributed by atoms with Crippen molar-refractivity contribution in [3.63, 3.8) is 0 Å². The second kappa shape index (κ2) is 8.39. The van der Waals surface area contributed by atoms with Gasteiger partial charge in [0.15, 0.2) is 11.7 Å². The minimum atomic E-state index is -0.733. The van der Waals surface area contributed by atoms with E-state index in [4.69, 9.17) is 9.15 Å². The van der Waals surface area contributed by atoms with Gasteiger partial charge in [-0.2, -0.15) is 0 Å². The Bertz CT molecular complexity index is 926. The van der Waals surface area contributed by atoms with Crippen LogP contribution in [0.15, 0.2) is 47.1 Å². The van der Waals surface area contributed by atoms with Crippen molar-refractivity contribution in [2.45, 2.75) is 19.4 Å². The molecule has 3 aromatic rings. The summed E-state index contributed by atoms with van der Waals surface area (Å²) in [5, 5.41) is 2.77. The summed E-state index contributed by atoms with van der Waals surface area (Å²) in [6, 6.07) is 6.72. The third kappa shape index (κ3) is 4.87. The van der Waals surface area contributed by atoms with Crippen LogP contribution < -0.4 is 10.1 Å². The average Bonchev–Trinajstić information content (AvgIpc) is 3.14. The van der Waals surface area contributed by atoms with Crippen LogP contribution in [0.3, 0.4) is 0 Å². The largest absolute Gasteiger partial charge is 0.481 e. The zero-order chi connectivity index (χ0) is 19.2. The Labute approximate surface area is 154 Å². The molecule has 8 heteroatoms. The molecule has 6 nitrogen and oxygen atoms in total. The van der Waals surface area contributed by atoms with Crippen LogP contribution in [0.2, 0.25) is 0 Å². The van der Waals surface area contributed by atoms with Gasteiger partial charge in [-0.15, -0.1) is 0 Å². The maximum atomic E-state index is 13.8. The van der Waals surface area contributed by atoms with Gasteiger partial charge in [-0.25, -0.2) is 18.7 Å². The van der Waals surface area contributed by atoms with Crippen LogP contribution in [0.4, 0.5) is 8.78 Å². The van der Waals surface area contributed by atoms with Gasteiger partial charge in [0.1, 0.15) is 11.6 Å². The number of hydrogen-bond donors (Lipinski definition) is 1. The van der Waals surface area contributed by atoms with Gasteiger partial charge in [0.2, 0.25) is 11.8 Å². The van der Waals surface area contributed by atoms with E-state index in [0.29, 0.717) is 18.3 Å². The van der Waals surface area contributed by atoms with Gasteiger partial charge < -0.3 is 14.5 Å². The first kappa shape index (κ1) is 18.5. The molecule has 0 saturated carbocycles. The highest BCUT2D eigenvalue weighted by molar-refractivity contribution is 5.76. The first-order chi connectivity index (χ1) is 13.0. The van der Waals surface area contributed by atoms with Crippen LogP contribution in [0.25, 0.3) is 11.3 Å². The van der Waals surface area contributed by atoms with E-state index in [2.05, 4.69) is 15.3 Å². The van der Waals surface area contributed by atoms with E-state index in [9.17, 15) is 13.6 Å². The van der Waals surface area contributed by atoms with Crippen LogP contribution in [0.1, 0.15) is 17.9 Å². The first-order valence-corrected chi connectivity index (χ1v) is 8.21. The van der Waals surface area contributed by atoms with E-state index < -0.39 is 11.6 Å². The summed E-state index contributed by atoms with van der Waals surface area (Å²) in [7, 11) is 1.53. The van der Waals surface area contributed by atoms with Gasteiger partial charge in [0, 0.05) is 37.7 Å². The molecule has 27 heavy (non-hydrogen) atoms. The lowest BCUT2D eigenvalue weighted by molar-refractivity contribution is -0.121. The standard InChI is InChI=1S/C19H17F2N3O3/c1-26-18-6-2-12(10-23-18)9-22-17(25)5-7-19-24-11-16(27-19)14-4-3-13(20)8-15(14)21/h2-4,6,8,10-11H,5,7,9H2,1H3,(H,22,25). The molecule has 0 fully saturated rings. The Morgan fingerprint density at radius 1 is 1.19 bits per heavy atom. The van der Waals surface area contributed by atoms with E-state index in [0.717, 1.165) is 17.7 Å².